The van der Waals surface area contributed by atoms with Gasteiger partial charge in [0.05, 0.1) is 11.1 Å². The minimum absolute atomic E-state index is 0.299. The van der Waals surface area contributed by atoms with Crippen LogP contribution < -0.4 is 9.47 Å². The molecule has 0 spiro atoms. The van der Waals surface area contributed by atoms with Crippen LogP contribution in [0.5, 0.6) is 11.5 Å². The van der Waals surface area contributed by atoms with Gasteiger partial charge < -0.3 is 13.9 Å². The van der Waals surface area contributed by atoms with Crippen molar-refractivity contribution in [1.82, 2.24) is 0 Å². The molecule has 3 aromatic rings. The molecule has 0 unspecified atom stereocenters. The quantitative estimate of drug-likeness (QED) is 0.313. The minimum Gasteiger partial charge on any atom is -0.456 e. The van der Waals surface area contributed by atoms with Crippen molar-refractivity contribution in [2.24, 2.45) is 0 Å². The van der Waals surface area contributed by atoms with Crippen molar-refractivity contribution in [3.8, 4) is 34.1 Å². The standard InChI is InChI=1S/C24H20O5/c1-15(2)23(25)28-19-11-7-5-9-17(19)21-13-14-22(27-21)18-10-6-8-12-20(18)29-24(26)16(3)4/h5-14H,1,3H2,2,4H3. The fourth-order valence-electron chi connectivity index (χ4n) is 2.52. The second-order valence-electron chi connectivity index (χ2n) is 6.50. The van der Waals surface area contributed by atoms with E-state index in [0.29, 0.717) is 45.3 Å². The number of esters is 2. The van der Waals surface area contributed by atoms with Gasteiger partial charge in [-0.15, -0.1) is 0 Å². The lowest BCUT2D eigenvalue weighted by molar-refractivity contribution is -0.130. The van der Waals surface area contributed by atoms with Gasteiger partial charge in [0.25, 0.3) is 0 Å². The Morgan fingerprint density at radius 1 is 0.690 bits per heavy atom. The van der Waals surface area contributed by atoms with Gasteiger partial charge in [0.15, 0.2) is 0 Å². The van der Waals surface area contributed by atoms with Crippen LogP contribution in [0, 0.1) is 0 Å². The normalized spacial score (nSPS) is 10.3. The van der Waals surface area contributed by atoms with E-state index in [0.717, 1.165) is 0 Å². The number of carbonyl (C=O) groups is 2. The van der Waals surface area contributed by atoms with E-state index >= 15 is 0 Å². The van der Waals surface area contributed by atoms with Gasteiger partial charge in [0, 0.05) is 11.1 Å². The second-order valence-corrected chi connectivity index (χ2v) is 6.50. The van der Waals surface area contributed by atoms with Crippen molar-refractivity contribution in [3.05, 3.63) is 85.0 Å². The highest BCUT2D eigenvalue weighted by Gasteiger charge is 2.17. The van der Waals surface area contributed by atoms with Crippen molar-refractivity contribution >= 4 is 11.9 Å². The molecule has 2 aromatic carbocycles. The Kier molecular flexibility index (Phi) is 5.79. The molecule has 0 amide bonds. The fraction of sp³-hybridized carbons (Fsp3) is 0.0833. The van der Waals surface area contributed by atoms with Crippen LogP contribution in [0.1, 0.15) is 13.8 Å². The van der Waals surface area contributed by atoms with Crippen LogP contribution >= 0.6 is 0 Å². The van der Waals surface area contributed by atoms with E-state index in [-0.39, 0.29) is 0 Å². The predicted molar refractivity (Wildman–Crippen MR) is 110 cm³/mol. The first-order valence-electron chi connectivity index (χ1n) is 8.91. The SMILES string of the molecule is C=C(C)C(=O)Oc1ccccc1-c1ccc(-c2ccccc2OC(=O)C(=C)C)o1. The second kappa shape index (κ2) is 8.44. The summed E-state index contributed by atoms with van der Waals surface area (Å²) in [5, 5.41) is 0. The molecule has 29 heavy (non-hydrogen) atoms. The maximum absolute atomic E-state index is 11.9. The number of hydrogen-bond donors (Lipinski definition) is 0. The summed E-state index contributed by atoms with van der Waals surface area (Å²) in [5.41, 5.74) is 1.83. The number of rotatable bonds is 6. The Labute approximate surface area is 168 Å². The first-order valence-corrected chi connectivity index (χ1v) is 8.91. The third-order valence-corrected chi connectivity index (χ3v) is 4.01. The molecule has 0 radical (unpaired) electrons. The van der Waals surface area contributed by atoms with E-state index in [1.54, 1.807) is 62.4 Å². The summed E-state index contributed by atoms with van der Waals surface area (Å²) in [7, 11) is 0. The van der Waals surface area contributed by atoms with Gasteiger partial charge in [-0.05, 0) is 50.2 Å². The molecule has 0 aliphatic carbocycles. The highest BCUT2D eigenvalue weighted by Crippen LogP contribution is 2.37. The maximum Gasteiger partial charge on any atom is 0.338 e. The van der Waals surface area contributed by atoms with E-state index < -0.39 is 11.9 Å². The Morgan fingerprint density at radius 3 is 1.45 bits per heavy atom. The topological polar surface area (TPSA) is 65.7 Å². The Balaban J connectivity index is 1.96. The van der Waals surface area contributed by atoms with Crippen LogP contribution in [-0.4, -0.2) is 11.9 Å². The zero-order valence-electron chi connectivity index (χ0n) is 16.2. The lowest BCUT2D eigenvalue weighted by atomic mass is 10.1. The summed E-state index contributed by atoms with van der Waals surface area (Å²) in [5.74, 6) is 0.714. The molecular weight excluding hydrogens is 368 g/mol. The minimum atomic E-state index is -0.513. The number of hydrogen-bond acceptors (Lipinski definition) is 5. The molecule has 3 rings (SSSR count). The molecular formula is C24H20O5. The molecule has 146 valence electrons. The van der Waals surface area contributed by atoms with Crippen LogP contribution in [0.3, 0.4) is 0 Å². The van der Waals surface area contributed by atoms with Crippen molar-refractivity contribution in [1.29, 1.82) is 0 Å². The zero-order valence-corrected chi connectivity index (χ0v) is 16.2. The number of carbonyl (C=O) groups excluding carboxylic acids is 2. The summed E-state index contributed by atoms with van der Waals surface area (Å²) >= 11 is 0. The maximum atomic E-state index is 11.9. The number of furan rings is 1. The third kappa shape index (κ3) is 4.52. The zero-order chi connectivity index (χ0) is 21.0. The van der Waals surface area contributed by atoms with Crippen molar-refractivity contribution < 1.29 is 23.5 Å². The van der Waals surface area contributed by atoms with Gasteiger partial charge in [-0.1, -0.05) is 37.4 Å². The van der Waals surface area contributed by atoms with Crippen LogP contribution in [0.15, 0.2) is 89.4 Å². The van der Waals surface area contributed by atoms with Gasteiger partial charge in [0.2, 0.25) is 0 Å². The molecule has 0 N–H and O–H groups in total. The van der Waals surface area contributed by atoms with E-state index in [1.165, 1.54) is 0 Å². The molecule has 0 saturated heterocycles. The van der Waals surface area contributed by atoms with Crippen molar-refractivity contribution in [3.63, 3.8) is 0 Å². The highest BCUT2D eigenvalue weighted by atomic mass is 16.5. The molecule has 0 saturated carbocycles. The largest absolute Gasteiger partial charge is 0.456 e. The fourth-order valence-corrected chi connectivity index (χ4v) is 2.52. The van der Waals surface area contributed by atoms with Crippen LogP contribution in [0.25, 0.3) is 22.6 Å². The molecule has 1 aromatic heterocycles. The Morgan fingerprint density at radius 2 is 1.07 bits per heavy atom. The lowest BCUT2D eigenvalue weighted by Gasteiger charge is -2.09. The van der Waals surface area contributed by atoms with Crippen LogP contribution in [-0.2, 0) is 9.59 Å². The monoisotopic (exact) mass is 388 g/mol. The molecule has 1 heterocycles. The summed E-state index contributed by atoms with van der Waals surface area (Å²) < 4.78 is 16.8. The van der Waals surface area contributed by atoms with Gasteiger partial charge in [0.1, 0.15) is 23.0 Å². The van der Waals surface area contributed by atoms with Gasteiger partial charge in [-0.25, -0.2) is 9.59 Å². The van der Waals surface area contributed by atoms with E-state index in [9.17, 15) is 9.59 Å². The lowest BCUT2D eigenvalue weighted by Crippen LogP contribution is -2.08. The smallest absolute Gasteiger partial charge is 0.338 e. The molecule has 0 fully saturated rings. The molecule has 5 heteroatoms. The predicted octanol–water partition coefficient (Wildman–Crippen LogP) is 5.58. The van der Waals surface area contributed by atoms with E-state index in [2.05, 4.69) is 13.2 Å². The summed E-state index contributed by atoms with van der Waals surface area (Å²) in [6.07, 6.45) is 0. The molecule has 0 aliphatic rings. The molecule has 5 nitrogen and oxygen atoms in total. The van der Waals surface area contributed by atoms with Gasteiger partial charge in [-0.3, -0.25) is 0 Å². The van der Waals surface area contributed by atoms with Crippen LogP contribution in [0.2, 0.25) is 0 Å². The van der Waals surface area contributed by atoms with Gasteiger partial charge >= 0.3 is 11.9 Å². The summed E-state index contributed by atoms with van der Waals surface area (Å²) in [6.45, 7) is 10.4. The third-order valence-electron chi connectivity index (χ3n) is 4.01. The van der Waals surface area contributed by atoms with Gasteiger partial charge in [-0.2, -0.15) is 0 Å². The average Bonchev–Trinajstić information content (AvgIpc) is 3.18. The van der Waals surface area contributed by atoms with Crippen molar-refractivity contribution in [2.75, 3.05) is 0 Å². The van der Waals surface area contributed by atoms with Crippen molar-refractivity contribution in [2.45, 2.75) is 13.8 Å². The van der Waals surface area contributed by atoms with E-state index in [1.807, 2.05) is 12.1 Å². The molecule has 0 bridgehead atoms. The van der Waals surface area contributed by atoms with Crippen LogP contribution in [0.4, 0.5) is 0 Å². The number of benzene rings is 2. The Bertz CT molecular complexity index is 1020. The highest BCUT2D eigenvalue weighted by molar-refractivity contribution is 5.90. The van der Waals surface area contributed by atoms with E-state index in [4.69, 9.17) is 13.9 Å². The first-order chi connectivity index (χ1) is 13.9. The summed E-state index contributed by atoms with van der Waals surface area (Å²) in [4.78, 5) is 23.8. The number of para-hydroxylation sites is 2. The first kappa shape index (κ1) is 19.9. The number of ether oxygens (including phenoxy) is 2. The molecule has 0 atom stereocenters. The average molecular weight is 388 g/mol. The molecule has 0 aliphatic heterocycles. The summed E-state index contributed by atoms with van der Waals surface area (Å²) in [6, 6.07) is 17.6. The Hall–Kier alpha value is -3.86.